The van der Waals surface area contributed by atoms with Crippen molar-refractivity contribution in [2.24, 2.45) is 11.7 Å². The first-order valence-corrected chi connectivity index (χ1v) is 9.26. The number of rotatable bonds is 6. The van der Waals surface area contributed by atoms with Crippen LogP contribution in [0.1, 0.15) is 33.5 Å². The summed E-state index contributed by atoms with van der Waals surface area (Å²) in [5, 5.41) is 11.3. The van der Waals surface area contributed by atoms with Crippen LogP contribution in [0.15, 0.2) is 24.3 Å². The quantitative estimate of drug-likeness (QED) is 0.553. The van der Waals surface area contributed by atoms with Crippen molar-refractivity contribution in [3.8, 4) is 0 Å². The third kappa shape index (κ3) is 3.93. The van der Waals surface area contributed by atoms with E-state index in [2.05, 4.69) is 9.97 Å². The van der Waals surface area contributed by atoms with Crippen LogP contribution in [0.5, 0.6) is 0 Å². The number of carbonyl (C=O) groups is 1. The highest BCUT2D eigenvalue weighted by Gasteiger charge is 2.24. The number of carbonyl (C=O) groups excluding carboxylic acids is 1. The van der Waals surface area contributed by atoms with Crippen LogP contribution in [0.25, 0.3) is 21.9 Å². The first-order valence-electron chi connectivity index (χ1n) is 9.26. The molecule has 0 saturated heterocycles. The van der Waals surface area contributed by atoms with Gasteiger partial charge in [0, 0.05) is 5.39 Å². The van der Waals surface area contributed by atoms with Gasteiger partial charge in [-0.2, -0.15) is 0 Å². The summed E-state index contributed by atoms with van der Waals surface area (Å²) in [6.07, 6.45) is 0. The van der Waals surface area contributed by atoms with E-state index in [4.69, 9.17) is 16.2 Å². The number of pyridine rings is 1. The smallest absolute Gasteiger partial charge is 0.323 e. The van der Waals surface area contributed by atoms with Gasteiger partial charge in [-0.1, -0.05) is 32.0 Å². The van der Waals surface area contributed by atoms with Gasteiger partial charge in [0.25, 0.3) is 0 Å². The summed E-state index contributed by atoms with van der Waals surface area (Å²) in [7, 11) is 0. The molecule has 0 radical (unpaired) electrons. The number of imidazole rings is 1. The average molecular weight is 385 g/mol. The van der Waals surface area contributed by atoms with Crippen LogP contribution in [0.4, 0.5) is 5.82 Å². The van der Waals surface area contributed by atoms with E-state index in [1.54, 1.807) is 13.8 Å². The van der Waals surface area contributed by atoms with Crippen molar-refractivity contribution in [2.75, 3.05) is 5.73 Å². The topological polar surface area (TPSA) is 129 Å². The van der Waals surface area contributed by atoms with Gasteiger partial charge in [0.05, 0.1) is 23.2 Å². The molecule has 3 aromatic rings. The van der Waals surface area contributed by atoms with E-state index < -0.39 is 17.6 Å². The third-order valence-electron chi connectivity index (χ3n) is 4.57. The molecule has 8 heteroatoms. The number of hydrogen-bond donors (Lipinski definition) is 3. The molecule has 2 aromatic heterocycles. The lowest BCUT2D eigenvalue weighted by molar-refractivity contribution is -0.147. The minimum atomic E-state index is -1.01. The highest BCUT2D eigenvalue weighted by Crippen LogP contribution is 2.30. The molecule has 0 saturated carbocycles. The van der Waals surface area contributed by atoms with Crippen LogP contribution in [0.3, 0.4) is 0 Å². The fourth-order valence-electron chi connectivity index (χ4n) is 3.08. The molecule has 0 aliphatic carbocycles. The Balaban J connectivity index is 2.11. The van der Waals surface area contributed by atoms with E-state index in [9.17, 15) is 9.90 Å². The maximum Gasteiger partial charge on any atom is 0.323 e. The number of fused-ring (bicyclic) bond motifs is 3. The van der Waals surface area contributed by atoms with Gasteiger partial charge in [0.1, 0.15) is 24.0 Å². The van der Waals surface area contributed by atoms with Crippen molar-refractivity contribution < 1.29 is 14.6 Å². The molecule has 1 atom stereocenters. The minimum Gasteiger partial charge on any atom is -0.456 e. The molecule has 0 bridgehead atoms. The first kappa shape index (κ1) is 20.0. The Hall–Kier alpha value is -2.71. The number of ether oxygens (including phenoxy) is 1. The molecule has 5 N–H and O–H groups in total. The molecular weight excluding hydrogens is 358 g/mol. The number of nitrogens with two attached hydrogens (primary N) is 2. The van der Waals surface area contributed by atoms with E-state index in [0.29, 0.717) is 11.3 Å². The Morgan fingerprint density at radius 3 is 2.61 bits per heavy atom. The van der Waals surface area contributed by atoms with Gasteiger partial charge in [0.2, 0.25) is 0 Å². The molecule has 0 unspecified atom stereocenters. The van der Waals surface area contributed by atoms with Gasteiger partial charge in [-0.3, -0.25) is 4.79 Å². The van der Waals surface area contributed by atoms with Gasteiger partial charge in [-0.05, 0) is 25.8 Å². The zero-order valence-corrected chi connectivity index (χ0v) is 16.6. The van der Waals surface area contributed by atoms with Crippen LogP contribution >= 0.6 is 0 Å². The number of hydrogen-bond acceptors (Lipinski definition) is 7. The lowest BCUT2D eigenvalue weighted by Gasteiger charge is -2.21. The second-order valence-corrected chi connectivity index (χ2v) is 8.02. The molecule has 28 heavy (non-hydrogen) atoms. The summed E-state index contributed by atoms with van der Waals surface area (Å²) in [5.41, 5.74) is 13.0. The molecule has 0 aliphatic heterocycles. The Kier molecular flexibility index (Phi) is 5.27. The molecule has 0 aliphatic rings. The van der Waals surface area contributed by atoms with Gasteiger partial charge < -0.3 is 25.9 Å². The SMILES string of the molecule is CC(C)[C@H](N)C(=O)OCc1nc2c(N)nc3ccccc3c2n1CC(C)(C)O. The summed E-state index contributed by atoms with van der Waals surface area (Å²) in [5.74, 6) is 0.236. The molecule has 0 amide bonds. The Labute approximate surface area is 163 Å². The number of aromatic nitrogens is 3. The maximum atomic E-state index is 12.2. The molecule has 2 heterocycles. The predicted octanol–water partition coefficient (Wildman–Crippen LogP) is 1.96. The predicted molar refractivity (Wildman–Crippen MR) is 108 cm³/mol. The minimum absolute atomic E-state index is 0.0357. The zero-order valence-electron chi connectivity index (χ0n) is 16.6. The molecular formula is C20H27N5O3. The monoisotopic (exact) mass is 385 g/mol. The van der Waals surface area contributed by atoms with E-state index >= 15 is 0 Å². The lowest BCUT2D eigenvalue weighted by atomic mass is 10.1. The van der Waals surface area contributed by atoms with Gasteiger partial charge in [-0.15, -0.1) is 0 Å². The van der Waals surface area contributed by atoms with Gasteiger partial charge in [0.15, 0.2) is 5.82 Å². The maximum absolute atomic E-state index is 12.2. The summed E-state index contributed by atoms with van der Waals surface area (Å²) in [6, 6.07) is 6.88. The normalized spacial score (nSPS) is 13.4. The molecule has 0 spiro atoms. The number of anilines is 1. The van der Waals surface area contributed by atoms with E-state index in [-0.39, 0.29) is 24.9 Å². The van der Waals surface area contributed by atoms with Crippen LogP contribution in [0, 0.1) is 5.92 Å². The number of para-hydroxylation sites is 1. The van der Waals surface area contributed by atoms with Crippen LogP contribution < -0.4 is 11.5 Å². The van der Waals surface area contributed by atoms with E-state index in [1.165, 1.54) is 0 Å². The second-order valence-electron chi connectivity index (χ2n) is 8.02. The molecule has 3 rings (SSSR count). The number of benzene rings is 1. The number of aliphatic hydroxyl groups is 1. The molecule has 1 aromatic carbocycles. The van der Waals surface area contributed by atoms with Gasteiger partial charge in [-0.25, -0.2) is 9.97 Å². The summed E-state index contributed by atoms with van der Waals surface area (Å²) in [6.45, 7) is 7.30. The summed E-state index contributed by atoms with van der Waals surface area (Å²) in [4.78, 5) is 21.2. The van der Waals surface area contributed by atoms with Crippen molar-refractivity contribution in [2.45, 2.75) is 52.5 Å². The molecule has 0 fully saturated rings. The van der Waals surface area contributed by atoms with Gasteiger partial charge >= 0.3 is 5.97 Å². The van der Waals surface area contributed by atoms with Crippen molar-refractivity contribution in [3.05, 3.63) is 30.1 Å². The van der Waals surface area contributed by atoms with E-state index in [0.717, 1.165) is 16.4 Å². The van der Waals surface area contributed by atoms with Crippen molar-refractivity contribution >= 4 is 33.7 Å². The summed E-state index contributed by atoms with van der Waals surface area (Å²) < 4.78 is 7.23. The first-order chi connectivity index (χ1) is 13.1. The van der Waals surface area contributed by atoms with Crippen LogP contribution in [-0.2, 0) is 22.7 Å². The number of nitrogens with zero attached hydrogens (tertiary/aromatic N) is 3. The Bertz CT molecular complexity index is 1020. The molecule has 8 nitrogen and oxygen atoms in total. The zero-order chi connectivity index (χ0) is 20.6. The van der Waals surface area contributed by atoms with Crippen LogP contribution in [0.2, 0.25) is 0 Å². The van der Waals surface area contributed by atoms with Crippen molar-refractivity contribution in [1.82, 2.24) is 14.5 Å². The number of nitrogen functional groups attached to an aromatic ring is 1. The average Bonchev–Trinajstić information content (AvgIpc) is 2.96. The van der Waals surface area contributed by atoms with Crippen molar-refractivity contribution in [3.63, 3.8) is 0 Å². The third-order valence-corrected chi connectivity index (χ3v) is 4.57. The number of esters is 1. The van der Waals surface area contributed by atoms with Crippen LogP contribution in [-0.4, -0.2) is 37.3 Å². The Morgan fingerprint density at radius 2 is 1.96 bits per heavy atom. The summed E-state index contributed by atoms with van der Waals surface area (Å²) >= 11 is 0. The standard InChI is InChI=1S/C20H27N5O3/c1-11(2)15(21)19(26)28-9-14-24-16-17(25(14)10-20(3,4)27)12-7-5-6-8-13(12)23-18(16)22/h5-8,11,15,27H,9-10,21H2,1-4H3,(H2,22,23)/t15-/m0/s1. The second kappa shape index (κ2) is 7.37. The highest BCUT2D eigenvalue weighted by molar-refractivity contribution is 6.06. The molecule has 150 valence electrons. The Morgan fingerprint density at radius 1 is 1.29 bits per heavy atom. The lowest BCUT2D eigenvalue weighted by Crippen LogP contribution is -2.37. The highest BCUT2D eigenvalue weighted by atomic mass is 16.5. The van der Waals surface area contributed by atoms with E-state index in [1.807, 2.05) is 42.7 Å². The fraction of sp³-hybridized carbons (Fsp3) is 0.450. The van der Waals surface area contributed by atoms with Crippen molar-refractivity contribution in [1.29, 1.82) is 0 Å². The largest absolute Gasteiger partial charge is 0.456 e. The fourth-order valence-corrected chi connectivity index (χ4v) is 3.08.